The molecule has 9 heteroatoms. The maximum atomic E-state index is 13.0. The van der Waals surface area contributed by atoms with Crippen LogP contribution in [-0.2, 0) is 9.59 Å². The minimum absolute atomic E-state index is 0.0365. The highest BCUT2D eigenvalue weighted by Crippen LogP contribution is 2.27. The summed E-state index contributed by atoms with van der Waals surface area (Å²) in [4.78, 5) is 37.0. The second kappa shape index (κ2) is 9.70. The smallest absolute Gasteiger partial charge is 0.314 e. The van der Waals surface area contributed by atoms with Crippen molar-refractivity contribution in [2.45, 2.75) is 69.7 Å². The molecule has 0 aromatic carbocycles. The van der Waals surface area contributed by atoms with Gasteiger partial charge in [-0.2, -0.15) is 0 Å². The number of ketones is 1. The van der Waals surface area contributed by atoms with Crippen LogP contribution >= 0.6 is 11.8 Å². The van der Waals surface area contributed by atoms with E-state index < -0.39 is 12.0 Å². The Bertz CT molecular complexity index is 628. The van der Waals surface area contributed by atoms with Gasteiger partial charge in [0.2, 0.25) is 12.2 Å². The molecule has 2 rings (SSSR count). The highest BCUT2D eigenvalue weighted by molar-refractivity contribution is 7.99. The fourth-order valence-electron chi connectivity index (χ4n) is 3.24. The predicted octanol–water partition coefficient (Wildman–Crippen LogP) is 2.63. The maximum absolute atomic E-state index is 13.0. The van der Waals surface area contributed by atoms with E-state index in [2.05, 4.69) is 10.2 Å². The minimum atomic E-state index is -1.01. The van der Waals surface area contributed by atoms with Crippen molar-refractivity contribution in [3.8, 4) is 0 Å². The lowest BCUT2D eigenvalue weighted by Crippen LogP contribution is -2.48. The Morgan fingerprint density at radius 3 is 2.58 bits per heavy atom. The van der Waals surface area contributed by atoms with Crippen LogP contribution in [0.2, 0.25) is 0 Å². The summed E-state index contributed by atoms with van der Waals surface area (Å²) in [6, 6.07) is -0.592. The van der Waals surface area contributed by atoms with E-state index in [0.29, 0.717) is 6.42 Å². The molecule has 1 saturated carbocycles. The number of hydrogen-bond donors (Lipinski definition) is 1. The van der Waals surface area contributed by atoms with E-state index >= 15 is 0 Å². The summed E-state index contributed by atoms with van der Waals surface area (Å²) in [6.45, 7) is 3.98. The van der Waals surface area contributed by atoms with E-state index in [1.165, 1.54) is 0 Å². The third kappa shape index (κ3) is 5.55. The highest BCUT2D eigenvalue weighted by atomic mass is 32.2. The van der Waals surface area contributed by atoms with Crippen molar-refractivity contribution in [2.24, 2.45) is 5.92 Å². The van der Waals surface area contributed by atoms with Gasteiger partial charge in [-0.3, -0.25) is 14.4 Å². The van der Waals surface area contributed by atoms with Crippen LogP contribution in [0.4, 0.5) is 0 Å². The molecule has 0 aliphatic heterocycles. The SMILES string of the molecule is CC(C)C[C@@H](C(=O)c1nnc(SCC(=O)O)o1)N(C=O)C1CCCCC1. The first-order chi connectivity index (χ1) is 12.4. The molecule has 1 atom stereocenters. The lowest BCUT2D eigenvalue weighted by Gasteiger charge is -2.36. The molecule has 1 aliphatic carbocycles. The summed E-state index contributed by atoms with van der Waals surface area (Å²) in [5, 5.41) is 16.2. The van der Waals surface area contributed by atoms with Crippen LogP contribution in [-0.4, -0.2) is 56.2 Å². The fourth-order valence-corrected chi connectivity index (χ4v) is 3.72. The lowest BCUT2D eigenvalue weighted by molar-refractivity contribution is -0.134. The van der Waals surface area contributed by atoms with Gasteiger partial charge in [0.1, 0.15) is 11.8 Å². The third-order valence-electron chi connectivity index (χ3n) is 4.41. The van der Waals surface area contributed by atoms with Gasteiger partial charge in [0, 0.05) is 6.04 Å². The normalized spacial score (nSPS) is 16.4. The number of rotatable bonds is 10. The van der Waals surface area contributed by atoms with Crippen molar-refractivity contribution in [3.63, 3.8) is 0 Å². The first-order valence-electron chi connectivity index (χ1n) is 8.87. The van der Waals surface area contributed by atoms with E-state index in [9.17, 15) is 14.4 Å². The number of hydrogen-bond acceptors (Lipinski definition) is 7. The Labute approximate surface area is 156 Å². The summed E-state index contributed by atoms with van der Waals surface area (Å²) >= 11 is 0.859. The molecule has 0 radical (unpaired) electrons. The van der Waals surface area contributed by atoms with Crippen molar-refractivity contribution < 1.29 is 23.9 Å². The molecule has 1 aliphatic rings. The van der Waals surface area contributed by atoms with Crippen LogP contribution in [0.15, 0.2) is 9.64 Å². The Hall–Kier alpha value is -1.90. The van der Waals surface area contributed by atoms with Gasteiger partial charge in [-0.15, -0.1) is 10.2 Å². The zero-order chi connectivity index (χ0) is 19.1. The Balaban J connectivity index is 2.17. The van der Waals surface area contributed by atoms with Crippen LogP contribution < -0.4 is 0 Å². The van der Waals surface area contributed by atoms with Crippen molar-refractivity contribution in [1.29, 1.82) is 0 Å². The molecule has 0 bridgehead atoms. The van der Waals surface area contributed by atoms with Gasteiger partial charge in [0.15, 0.2) is 0 Å². The van der Waals surface area contributed by atoms with Crippen molar-refractivity contribution in [2.75, 3.05) is 5.75 Å². The number of nitrogens with zero attached hydrogens (tertiary/aromatic N) is 3. The van der Waals surface area contributed by atoms with Crippen LogP contribution in [0.1, 0.15) is 63.1 Å². The molecule has 1 aromatic heterocycles. The summed E-state index contributed by atoms with van der Waals surface area (Å²) in [7, 11) is 0. The maximum Gasteiger partial charge on any atom is 0.314 e. The summed E-state index contributed by atoms with van der Waals surface area (Å²) in [5.74, 6) is -1.59. The minimum Gasteiger partial charge on any atom is -0.481 e. The quantitative estimate of drug-likeness (QED) is 0.373. The highest BCUT2D eigenvalue weighted by Gasteiger charge is 2.35. The Morgan fingerprint density at radius 1 is 1.31 bits per heavy atom. The zero-order valence-electron chi connectivity index (χ0n) is 15.1. The average molecular weight is 383 g/mol. The predicted molar refractivity (Wildman–Crippen MR) is 95.0 cm³/mol. The molecule has 0 spiro atoms. The van der Waals surface area contributed by atoms with Gasteiger partial charge in [0.25, 0.3) is 11.1 Å². The number of Topliss-reactive ketones (excluding diaryl/α,β-unsaturated/α-hetero) is 1. The fraction of sp³-hybridized carbons (Fsp3) is 0.706. The van der Waals surface area contributed by atoms with Crippen LogP contribution in [0.25, 0.3) is 0 Å². The Kier molecular flexibility index (Phi) is 7.62. The van der Waals surface area contributed by atoms with Gasteiger partial charge in [-0.05, 0) is 25.2 Å². The van der Waals surface area contributed by atoms with E-state index in [0.717, 1.165) is 50.3 Å². The first-order valence-corrected chi connectivity index (χ1v) is 9.86. The number of amides is 1. The van der Waals surface area contributed by atoms with Crippen molar-refractivity contribution >= 4 is 29.9 Å². The number of carboxylic acid groups (broad SMARTS) is 1. The first kappa shape index (κ1) is 20.4. The largest absolute Gasteiger partial charge is 0.481 e. The molecule has 1 N–H and O–H groups in total. The van der Waals surface area contributed by atoms with Crippen molar-refractivity contribution in [3.05, 3.63) is 5.89 Å². The Morgan fingerprint density at radius 2 is 2.00 bits per heavy atom. The molecule has 0 unspecified atom stereocenters. The van der Waals surface area contributed by atoms with E-state index in [1.807, 2.05) is 13.8 Å². The summed E-state index contributed by atoms with van der Waals surface area (Å²) < 4.78 is 5.33. The number of carbonyl (C=O) groups is 3. The van der Waals surface area contributed by atoms with Gasteiger partial charge in [-0.25, -0.2) is 0 Å². The van der Waals surface area contributed by atoms with Crippen LogP contribution in [0.3, 0.4) is 0 Å². The number of aromatic nitrogens is 2. The molecule has 1 heterocycles. The third-order valence-corrected chi connectivity index (χ3v) is 5.21. The van der Waals surface area contributed by atoms with Gasteiger partial charge >= 0.3 is 5.97 Å². The lowest BCUT2D eigenvalue weighted by atomic mass is 9.91. The monoisotopic (exact) mass is 383 g/mol. The second-order valence-corrected chi connectivity index (χ2v) is 7.84. The summed E-state index contributed by atoms with van der Waals surface area (Å²) in [6.07, 6.45) is 6.31. The topological polar surface area (TPSA) is 114 Å². The van der Waals surface area contributed by atoms with Crippen LogP contribution in [0.5, 0.6) is 0 Å². The van der Waals surface area contributed by atoms with E-state index in [-0.39, 0.29) is 34.6 Å². The molecule has 0 saturated heterocycles. The molecule has 26 heavy (non-hydrogen) atoms. The number of carboxylic acids is 1. The summed E-state index contributed by atoms with van der Waals surface area (Å²) in [5.41, 5.74) is 0. The number of carbonyl (C=O) groups excluding carboxylic acids is 2. The molecular formula is C17H25N3O5S. The van der Waals surface area contributed by atoms with Crippen molar-refractivity contribution in [1.82, 2.24) is 15.1 Å². The molecule has 1 amide bonds. The van der Waals surface area contributed by atoms with E-state index in [1.54, 1.807) is 4.90 Å². The standard InChI is InChI=1S/C17H25N3O5S/c1-11(2)8-13(20(10-21)12-6-4-3-5-7-12)15(24)16-18-19-17(25-16)26-9-14(22)23/h10-13H,3-9H2,1-2H3,(H,22,23)/t13-/m0/s1. The van der Waals surface area contributed by atoms with Gasteiger partial charge in [-0.1, -0.05) is 44.9 Å². The molecule has 144 valence electrons. The number of aliphatic carboxylic acids is 1. The molecule has 1 fully saturated rings. The van der Waals surface area contributed by atoms with Crippen LogP contribution in [0, 0.1) is 5.92 Å². The van der Waals surface area contributed by atoms with Gasteiger partial charge < -0.3 is 14.4 Å². The average Bonchev–Trinajstić information content (AvgIpc) is 3.09. The zero-order valence-corrected chi connectivity index (χ0v) is 15.9. The number of thioether (sulfide) groups is 1. The second-order valence-electron chi connectivity index (χ2n) is 6.91. The van der Waals surface area contributed by atoms with Gasteiger partial charge in [0.05, 0.1) is 0 Å². The van der Waals surface area contributed by atoms with E-state index in [4.69, 9.17) is 9.52 Å². The molecule has 8 nitrogen and oxygen atoms in total. The molecular weight excluding hydrogens is 358 g/mol. The molecule has 1 aromatic rings.